The van der Waals surface area contributed by atoms with Gasteiger partial charge in [0.2, 0.25) is 10.0 Å². The Hall–Kier alpha value is -1.32. The Bertz CT molecular complexity index is 966. The highest BCUT2D eigenvalue weighted by atomic mass is 35.5. The van der Waals surface area contributed by atoms with Gasteiger partial charge in [-0.2, -0.15) is 0 Å². The summed E-state index contributed by atoms with van der Waals surface area (Å²) in [5, 5.41) is -0.898. The summed E-state index contributed by atoms with van der Waals surface area (Å²) in [5.74, 6) is -0.850. The largest absolute Gasteiger partial charge is 0.332 e. The fourth-order valence-electron chi connectivity index (χ4n) is 2.97. The Balaban J connectivity index is 2.14. The number of rotatable bonds is 6. The van der Waals surface area contributed by atoms with Gasteiger partial charge in [-0.25, -0.2) is 31.3 Å². The molecule has 150 valence electrons. The zero-order chi connectivity index (χ0) is 20.1. The van der Waals surface area contributed by atoms with Crippen molar-refractivity contribution in [3.63, 3.8) is 0 Å². The third-order valence-electron chi connectivity index (χ3n) is 4.28. The normalized spacial score (nSPS) is 17.0. The maximum atomic E-state index is 14.0. The molecule has 5 nitrogen and oxygen atoms in total. The number of fused-ring (bicyclic) bond motifs is 1. The van der Waals surface area contributed by atoms with Gasteiger partial charge >= 0.3 is 0 Å². The van der Waals surface area contributed by atoms with E-state index in [0.717, 1.165) is 6.07 Å². The third-order valence-corrected chi connectivity index (χ3v) is 6.47. The first-order valence-electron chi connectivity index (χ1n) is 8.53. The average molecular weight is 424 g/mol. The Morgan fingerprint density at radius 2 is 2.00 bits per heavy atom. The van der Waals surface area contributed by atoms with E-state index in [-0.39, 0.29) is 27.2 Å². The van der Waals surface area contributed by atoms with E-state index in [1.165, 1.54) is 6.20 Å². The van der Waals surface area contributed by atoms with Gasteiger partial charge in [0.25, 0.3) is 6.43 Å². The standard InChI is InChI=1S/C17H21ClF3N3O2S/c1-17(2,3)8-24-7-11(10-6-12(19)14(18)22-16(10)24)13(15(20)21)23-27(25,26)9-4-5-9/h6-7,9,13,15,23H,4-5,8H2,1-3H3. The van der Waals surface area contributed by atoms with Crippen molar-refractivity contribution in [3.05, 3.63) is 28.8 Å². The molecular weight excluding hydrogens is 403 g/mol. The zero-order valence-corrected chi connectivity index (χ0v) is 16.7. The van der Waals surface area contributed by atoms with E-state index in [0.29, 0.717) is 19.4 Å². The molecule has 1 N–H and O–H groups in total. The van der Waals surface area contributed by atoms with Crippen LogP contribution in [0.1, 0.15) is 45.2 Å². The quantitative estimate of drug-likeness (QED) is 0.706. The van der Waals surface area contributed by atoms with Crippen molar-refractivity contribution in [1.29, 1.82) is 0 Å². The van der Waals surface area contributed by atoms with E-state index in [4.69, 9.17) is 11.6 Å². The number of alkyl halides is 2. The second-order valence-corrected chi connectivity index (χ2v) is 10.4. The van der Waals surface area contributed by atoms with E-state index in [1.54, 1.807) is 4.57 Å². The maximum Gasteiger partial charge on any atom is 0.258 e. The molecule has 0 spiro atoms. The molecule has 0 bridgehead atoms. The fraction of sp³-hybridized carbons (Fsp3) is 0.588. The van der Waals surface area contributed by atoms with Crippen LogP contribution >= 0.6 is 11.6 Å². The van der Waals surface area contributed by atoms with Crippen LogP contribution < -0.4 is 4.72 Å². The molecule has 10 heteroatoms. The van der Waals surface area contributed by atoms with Gasteiger partial charge in [0.15, 0.2) is 11.0 Å². The minimum atomic E-state index is -3.87. The number of nitrogens with one attached hydrogen (secondary N) is 1. The first-order valence-corrected chi connectivity index (χ1v) is 10.5. The molecule has 1 atom stereocenters. The van der Waals surface area contributed by atoms with Crippen LogP contribution in [-0.4, -0.2) is 29.6 Å². The molecule has 1 aliphatic carbocycles. The van der Waals surface area contributed by atoms with Crippen molar-refractivity contribution in [2.45, 2.75) is 57.9 Å². The molecule has 2 aromatic rings. The lowest BCUT2D eigenvalue weighted by Gasteiger charge is -2.20. The number of hydrogen-bond acceptors (Lipinski definition) is 3. The summed E-state index contributed by atoms with van der Waals surface area (Å²) in [5.41, 5.74) is -0.00119. The van der Waals surface area contributed by atoms with Crippen molar-refractivity contribution in [2.75, 3.05) is 0 Å². The number of halogens is 4. The van der Waals surface area contributed by atoms with Crippen LogP contribution in [0.15, 0.2) is 12.3 Å². The Kier molecular flexibility index (Phi) is 5.24. The summed E-state index contributed by atoms with van der Waals surface area (Å²) >= 11 is 5.78. The fourth-order valence-corrected chi connectivity index (χ4v) is 4.64. The Morgan fingerprint density at radius 3 is 2.52 bits per heavy atom. The lowest BCUT2D eigenvalue weighted by molar-refractivity contribution is 0.109. The van der Waals surface area contributed by atoms with Crippen molar-refractivity contribution in [3.8, 4) is 0 Å². The van der Waals surface area contributed by atoms with Crippen LogP contribution in [0.4, 0.5) is 13.2 Å². The molecule has 1 unspecified atom stereocenters. The van der Waals surface area contributed by atoms with Crippen LogP contribution in [0.5, 0.6) is 0 Å². The van der Waals surface area contributed by atoms with Crippen LogP contribution in [0.3, 0.4) is 0 Å². The second-order valence-electron chi connectivity index (χ2n) is 8.08. The SMILES string of the molecule is CC(C)(C)Cn1cc(C(NS(=O)(=O)C2CC2)C(F)F)c2cc(F)c(Cl)nc21. The number of hydrogen-bond donors (Lipinski definition) is 1. The van der Waals surface area contributed by atoms with Crippen molar-refractivity contribution < 1.29 is 21.6 Å². The van der Waals surface area contributed by atoms with Crippen molar-refractivity contribution in [1.82, 2.24) is 14.3 Å². The number of aromatic nitrogens is 2. The zero-order valence-electron chi connectivity index (χ0n) is 15.1. The van der Waals surface area contributed by atoms with Gasteiger partial charge in [0, 0.05) is 23.7 Å². The molecule has 0 saturated heterocycles. The smallest absolute Gasteiger partial charge is 0.258 e. The molecule has 0 aliphatic heterocycles. The highest BCUT2D eigenvalue weighted by molar-refractivity contribution is 7.90. The third kappa shape index (κ3) is 4.41. The highest BCUT2D eigenvalue weighted by Crippen LogP contribution is 2.35. The molecule has 2 heterocycles. The van der Waals surface area contributed by atoms with Crippen LogP contribution in [0, 0.1) is 11.2 Å². The Labute approximate surface area is 161 Å². The minimum Gasteiger partial charge on any atom is -0.332 e. The maximum absolute atomic E-state index is 14.0. The predicted octanol–water partition coefficient (Wildman–Crippen LogP) is 4.26. The summed E-state index contributed by atoms with van der Waals surface area (Å²) in [6.07, 6.45) is -0.706. The van der Waals surface area contributed by atoms with Gasteiger partial charge in [-0.3, -0.25) is 0 Å². The minimum absolute atomic E-state index is 0.0171. The van der Waals surface area contributed by atoms with Crippen LogP contribution in [-0.2, 0) is 16.6 Å². The van der Waals surface area contributed by atoms with Crippen molar-refractivity contribution >= 4 is 32.7 Å². The second kappa shape index (κ2) is 6.93. The summed E-state index contributed by atoms with van der Waals surface area (Å²) in [4.78, 5) is 4.00. The molecule has 3 rings (SSSR count). The van der Waals surface area contributed by atoms with Gasteiger partial charge in [-0.05, 0) is 24.3 Å². The van der Waals surface area contributed by atoms with E-state index in [9.17, 15) is 21.6 Å². The van der Waals surface area contributed by atoms with E-state index < -0.39 is 33.6 Å². The molecule has 0 aromatic carbocycles. The number of nitrogens with zero attached hydrogens (tertiary/aromatic N) is 2. The van der Waals surface area contributed by atoms with Gasteiger partial charge < -0.3 is 4.57 Å². The molecular formula is C17H21ClF3N3O2S. The molecule has 2 aromatic heterocycles. The lowest BCUT2D eigenvalue weighted by Crippen LogP contribution is -2.35. The molecule has 0 amide bonds. The molecule has 1 aliphatic rings. The first kappa shape index (κ1) is 20.4. The Morgan fingerprint density at radius 1 is 1.37 bits per heavy atom. The summed E-state index contributed by atoms with van der Waals surface area (Å²) in [7, 11) is -3.87. The summed E-state index contributed by atoms with van der Waals surface area (Å²) in [6.45, 7) is 6.25. The summed E-state index contributed by atoms with van der Waals surface area (Å²) in [6, 6.07) is -0.762. The van der Waals surface area contributed by atoms with Gasteiger partial charge in [-0.1, -0.05) is 32.4 Å². The molecule has 27 heavy (non-hydrogen) atoms. The van der Waals surface area contributed by atoms with Gasteiger partial charge in [-0.15, -0.1) is 0 Å². The van der Waals surface area contributed by atoms with Gasteiger partial charge in [0.05, 0.1) is 5.25 Å². The van der Waals surface area contributed by atoms with Crippen molar-refractivity contribution in [2.24, 2.45) is 5.41 Å². The number of sulfonamides is 1. The van der Waals surface area contributed by atoms with E-state index >= 15 is 0 Å². The first-order chi connectivity index (χ1) is 12.4. The lowest BCUT2D eigenvalue weighted by atomic mass is 9.97. The average Bonchev–Trinajstić information content (AvgIpc) is 3.32. The van der Waals surface area contributed by atoms with E-state index in [2.05, 4.69) is 9.71 Å². The van der Waals surface area contributed by atoms with E-state index in [1.807, 2.05) is 20.8 Å². The molecule has 1 saturated carbocycles. The van der Waals surface area contributed by atoms with Crippen LogP contribution in [0.25, 0.3) is 11.0 Å². The summed E-state index contributed by atoms with van der Waals surface area (Å²) < 4.78 is 69.7. The van der Waals surface area contributed by atoms with Crippen LogP contribution in [0.2, 0.25) is 5.15 Å². The van der Waals surface area contributed by atoms with Gasteiger partial charge in [0.1, 0.15) is 11.7 Å². The molecule has 1 fully saturated rings. The number of pyridine rings is 1. The molecule has 0 radical (unpaired) electrons. The highest BCUT2D eigenvalue weighted by Gasteiger charge is 2.40. The monoisotopic (exact) mass is 423 g/mol. The topological polar surface area (TPSA) is 64.0 Å². The predicted molar refractivity (Wildman–Crippen MR) is 98.0 cm³/mol.